The number of rotatable bonds is 6. The minimum absolute atomic E-state index is 0.0593. The summed E-state index contributed by atoms with van der Waals surface area (Å²) < 4.78 is 64.4. The molecule has 1 unspecified atom stereocenters. The number of anilines is 2. The molecule has 2 rings (SSSR count). The summed E-state index contributed by atoms with van der Waals surface area (Å²) in [6.45, 7) is 3.41. The topological polar surface area (TPSA) is 66.5 Å². The number of benzene rings is 2. The van der Waals surface area contributed by atoms with Crippen LogP contribution in [0.15, 0.2) is 48.5 Å². The average molecular weight is 414 g/mol. The van der Waals surface area contributed by atoms with E-state index in [0.717, 1.165) is 28.3 Å². The summed E-state index contributed by atoms with van der Waals surface area (Å²) >= 11 is 0. The van der Waals surface area contributed by atoms with Crippen molar-refractivity contribution < 1.29 is 26.4 Å². The van der Waals surface area contributed by atoms with Gasteiger partial charge in [-0.25, -0.2) is 8.42 Å². The zero-order chi connectivity index (χ0) is 21.1. The van der Waals surface area contributed by atoms with Gasteiger partial charge in [-0.2, -0.15) is 13.2 Å². The Morgan fingerprint density at radius 3 is 2.32 bits per heavy atom. The summed E-state index contributed by atoms with van der Waals surface area (Å²) in [7, 11) is -3.82. The largest absolute Gasteiger partial charge is 0.416 e. The first-order valence-electron chi connectivity index (χ1n) is 8.47. The number of sulfonamides is 1. The lowest BCUT2D eigenvalue weighted by Gasteiger charge is -2.30. The predicted octanol–water partition coefficient (Wildman–Crippen LogP) is 4.20. The van der Waals surface area contributed by atoms with Gasteiger partial charge in [0.15, 0.2) is 0 Å². The molecule has 0 radical (unpaired) electrons. The highest BCUT2D eigenvalue weighted by molar-refractivity contribution is 7.92. The number of nitrogens with zero attached hydrogens (tertiary/aromatic N) is 1. The van der Waals surface area contributed by atoms with Crippen molar-refractivity contribution in [3.05, 3.63) is 59.7 Å². The second-order valence-electron chi connectivity index (χ2n) is 6.39. The van der Waals surface area contributed by atoms with Gasteiger partial charge in [-0.05, 0) is 49.2 Å². The van der Waals surface area contributed by atoms with Crippen LogP contribution in [0.3, 0.4) is 0 Å². The van der Waals surface area contributed by atoms with Crippen molar-refractivity contribution in [2.24, 2.45) is 0 Å². The lowest BCUT2D eigenvalue weighted by Crippen LogP contribution is -2.47. The van der Waals surface area contributed by atoms with E-state index in [1.54, 1.807) is 38.1 Å². The summed E-state index contributed by atoms with van der Waals surface area (Å²) in [4.78, 5) is 12.8. The minimum atomic E-state index is -4.55. The first-order valence-corrected chi connectivity index (χ1v) is 10.3. The maximum absolute atomic E-state index is 12.9. The second-order valence-corrected chi connectivity index (χ2v) is 8.25. The molecule has 0 saturated heterocycles. The lowest BCUT2D eigenvalue weighted by molar-refractivity contribution is -0.137. The molecule has 2 aromatic carbocycles. The molecular weight excluding hydrogens is 393 g/mol. The van der Waals surface area contributed by atoms with Crippen LogP contribution in [0.25, 0.3) is 0 Å². The number of nitrogens with one attached hydrogen (secondary N) is 1. The van der Waals surface area contributed by atoms with Crippen LogP contribution < -0.4 is 9.62 Å². The Morgan fingerprint density at radius 2 is 1.79 bits per heavy atom. The Bertz CT molecular complexity index is 959. The number of alkyl halides is 3. The highest BCUT2D eigenvalue weighted by Crippen LogP contribution is 2.31. The van der Waals surface area contributed by atoms with Gasteiger partial charge in [0, 0.05) is 5.69 Å². The quantitative estimate of drug-likeness (QED) is 0.771. The van der Waals surface area contributed by atoms with Crippen molar-refractivity contribution in [2.75, 3.05) is 15.9 Å². The predicted molar refractivity (Wildman–Crippen MR) is 103 cm³/mol. The molecule has 9 heteroatoms. The number of aryl methyl sites for hydroxylation is 1. The Kier molecular flexibility index (Phi) is 6.38. The van der Waals surface area contributed by atoms with E-state index in [0.29, 0.717) is 5.69 Å². The van der Waals surface area contributed by atoms with Gasteiger partial charge in [-0.15, -0.1) is 0 Å². The summed E-state index contributed by atoms with van der Waals surface area (Å²) in [5, 5.41) is 2.40. The molecule has 0 aromatic heterocycles. The maximum Gasteiger partial charge on any atom is 0.416 e. The highest BCUT2D eigenvalue weighted by atomic mass is 32.2. The van der Waals surface area contributed by atoms with Crippen molar-refractivity contribution in [3.8, 4) is 0 Å². The molecule has 2 aromatic rings. The van der Waals surface area contributed by atoms with Gasteiger partial charge >= 0.3 is 6.18 Å². The first kappa shape index (κ1) is 21.7. The van der Waals surface area contributed by atoms with Crippen LogP contribution >= 0.6 is 0 Å². The summed E-state index contributed by atoms with van der Waals surface area (Å²) in [6, 6.07) is 9.71. The Labute approximate surface area is 162 Å². The van der Waals surface area contributed by atoms with Crippen molar-refractivity contribution >= 4 is 27.3 Å². The van der Waals surface area contributed by atoms with Crippen molar-refractivity contribution in [1.82, 2.24) is 0 Å². The van der Waals surface area contributed by atoms with Crippen LogP contribution in [0.2, 0.25) is 0 Å². The standard InChI is InChI=1S/C19H21F3N2O3S/c1-4-17(24(28(3,26)27)16-10-5-7-13(2)11-16)18(25)23-15-9-6-8-14(12-15)19(20,21)22/h5-12,17H,4H2,1-3H3,(H,23,25). The van der Waals surface area contributed by atoms with E-state index in [2.05, 4.69) is 5.32 Å². The molecule has 1 N–H and O–H groups in total. The van der Waals surface area contributed by atoms with Crippen LogP contribution in [-0.2, 0) is 21.0 Å². The van der Waals surface area contributed by atoms with Gasteiger partial charge in [-0.3, -0.25) is 9.10 Å². The summed E-state index contributed by atoms with van der Waals surface area (Å²) in [6.07, 6.45) is -3.44. The fraction of sp³-hybridized carbons (Fsp3) is 0.316. The molecular formula is C19H21F3N2O3S. The minimum Gasteiger partial charge on any atom is -0.324 e. The smallest absolute Gasteiger partial charge is 0.324 e. The fourth-order valence-corrected chi connectivity index (χ4v) is 4.03. The van der Waals surface area contributed by atoms with Crippen LogP contribution in [0.5, 0.6) is 0 Å². The normalized spacial score (nSPS) is 13.1. The third-order valence-corrected chi connectivity index (χ3v) is 5.22. The van der Waals surface area contributed by atoms with Gasteiger partial charge in [0.1, 0.15) is 6.04 Å². The Balaban J connectivity index is 2.37. The number of carbonyl (C=O) groups excluding carboxylic acids is 1. The SMILES string of the molecule is CCC(C(=O)Nc1cccc(C(F)(F)F)c1)N(c1cccc(C)c1)S(C)(=O)=O. The van der Waals surface area contributed by atoms with Crippen LogP contribution in [0.1, 0.15) is 24.5 Å². The number of hydrogen-bond donors (Lipinski definition) is 1. The van der Waals surface area contributed by atoms with E-state index in [1.165, 1.54) is 12.1 Å². The van der Waals surface area contributed by atoms with Gasteiger partial charge < -0.3 is 5.32 Å². The van der Waals surface area contributed by atoms with Crippen LogP contribution in [0.4, 0.5) is 24.5 Å². The maximum atomic E-state index is 12.9. The molecule has 5 nitrogen and oxygen atoms in total. The third-order valence-electron chi connectivity index (χ3n) is 4.04. The molecule has 0 saturated carbocycles. The molecule has 0 spiro atoms. The molecule has 0 aliphatic heterocycles. The number of halogens is 3. The lowest BCUT2D eigenvalue weighted by atomic mass is 10.1. The zero-order valence-corrected chi connectivity index (χ0v) is 16.4. The molecule has 0 heterocycles. The van der Waals surface area contributed by atoms with E-state index in [1.807, 2.05) is 0 Å². The van der Waals surface area contributed by atoms with E-state index in [-0.39, 0.29) is 12.1 Å². The van der Waals surface area contributed by atoms with E-state index < -0.39 is 33.7 Å². The van der Waals surface area contributed by atoms with Crippen molar-refractivity contribution in [3.63, 3.8) is 0 Å². The van der Waals surface area contributed by atoms with Crippen LogP contribution in [0, 0.1) is 6.92 Å². The molecule has 0 bridgehead atoms. The van der Waals surface area contributed by atoms with Crippen LogP contribution in [-0.4, -0.2) is 26.6 Å². The number of amides is 1. The Morgan fingerprint density at radius 1 is 1.14 bits per heavy atom. The van der Waals surface area contributed by atoms with E-state index in [4.69, 9.17) is 0 Å². The molecule has 28 heavy (non-hydrogen) atoms. The zero-order valence-electron chi connectivity index (χ0n) is 15.6. The monoisotopic (exact) mass is 414 g/mol. The van der Waals surface area contributed by atoms with Crippen molar-refractivity contribution in [2.45, 2.75) is 32.5 Å². The molecule has 0 aliphatic rings. The third kappa shape index (κ3) is 5.25. The summed E-state index contributed by atoms with van der Waals surface area (Å²) in [5.74, 6) is -0.714. The van der Waals surface area contributed by atoms with Gasteiger partial charge in [0.2, 0.25) is 15.9 Å². The molecule has 1 amide bonds. The second kappa shape index (κ2) is 8.22. The highest BCUT2D eigenvalue weighted by Gasteiger charge is 2.33. The van der Waals surface area contributed by atoms with E-state index >= 15 is 0 Å². The van der Waals surface area contributed by atoms with Gasteiger partial charge in [0.25, 0.3) is 0 Å². The van der Waals surface area contributed by atoms with E-state index in [9.17, 15) is 26.4 Å². The number of carbonyl (C=O) groups is 1. The molecule has 0 aliphatic carbocycles. The summed E-state index contributed by atoms with van der Waals surface area (Å²) in [5.41, 5.74) is 0.154. The molecule has 1 atom stereocenters. The van der Waals surface area contributed by atoms with Gasteiger partial charge in [-0.1, -0.05) is 25.1 Å². The fourth-order valence-electron chi connectivity index (χ4n) is 2.82. The first-order chi connectivity index (χ1) is 12.9. The average Bonchev–Trinajstić information content (AvgIpc) is 2.57. The molecule has 0 fully saturated rings. The number of hydrogen-bond acceptors (Lipinski definition) is 3. The Hall–Kier alpha value is -2.55. The van der Waals surface area contributed by atoms with Crippen molar-refractivity contribution in [1.29, 1.82) is 0 Å². The van der Waals surface area contributed by atoms with Gasteiger partial charge in [0.05, 0.1) is 17.5 Å². The molecule has 152 valence electrons.